The standard InChI is InChI=1S/C18H21F6N3O3/c1-11(2)26(10-17(19,20)21)16(28)12-5-7-25(8-6-12)14-4-3-13(18(22,23)24)9-15(14)27(29)30/h3-4,9,11-12H,5-8,10H2,1-2H3. The maximum absolute atomic E-state index is 12.8. The molecule has 1 aromatic rings. The molecule has 0 N–H and O–H groups in total. The van der Waals surface area contributed by atoms with E-state index in [1.165, 1.54) is 18.7 Å². The number of amides is 1. The van der Waals surface area contributed by atoms with E-state index < -0.39 is 52.9 Å². The minimum atomic E-state index is -4.73. The van der Waals surface area contributed by atoms with Crippen LogP contribution >= 0.6 is 0 Å². The highest BCUT2D eigenvalue weighted by Crippen LogP contribution is 2.38. The van der Waals surface area contributed by atoms with Gasteiger partial charge in [0, 0.05) is 31.1 Å². The number of halogens is 6. The molecule has 0 aliphatic carbocycles. The highest BCUT2D eigenvalue weighted by Gasteiger charge is 2.38. The number of alkyl halides is 6. The summed E-state index contributed by atoms with van der Waals surface area (Å²) in [6.45, 7) is 1.78. The number of hydrogen-bond acceptors (Lipinski definition) is 4. The molecule has 0 spiro atoms. The molecule has 0 unspecified atom stereocenters. The van der Waals surface area contributed by atoms with Crippen LogP contribution in [-0.2, 0) is 11.0 Å². The molecular formula is C18H21F6N3O3. The highest BCUT2D eigenvalue weighted by atomic mass is 19.4. The minimum Gasteiger partial charge on any atom is -0.366 e. The molecular weight excluding hydrogens is 420 g/mol. The third-order valence-corrected chi connectivity index (χ3v) is 4.94. The normalized spacial score (nSPS) is 16.1. The largest absolute Gasteiger partial charge is 0.416 e. The van der Waals surface area contributed by atoms with Crippen LogP contribution in [0, 0.1) is 16.0 Å². The summed E-state index contributed by atoms with van der Waals surface area (Å²) in [6, 6.07) is 1.54. The number of rotatable bonds is 5. The van der Waals surface area contributed by atoms with E-state index in [-0.39, 0.29) is 31.6 Å². The topological polar surface area (TPSA) is 66.7 Å². The number of nitro groups is 1. The van der Waals surface area contributed by atoms with Crippen molar-refractivity contribution in [3.8, 4) is 0 Å². The zero-order chi connectivity index (χ0) is 22.9. The first-order valence-corrected chi connectivity index (χ1v) is 9.18. The summed E-state index contributed by atoms with van der Waals surface area (Å²) in [7, 11) is 0. The maximum atomic E-state index is 12.8. The molecule has 168 valence electrons. The Bertz CT molecular complexity index is 786. The Morgan fingerprint density at radius 3 is 2.20 bits per heavy atom. The molecule has 2 rings (SSSR count). The predicted octanol–water partition coefficient (Wildman–Crippen LogP) is 4.63. The van der Waals surface area contributed by atoms with E-state index >= 15 is 0 Å². The smallest absolute Gasteiger partial charge is 0.366 e. The predicted molar refractivity (Wildman–Crippen MR) is 95.9 cm³/mol. The van der Waals surface area contributed by atoms with Gasteiger partial charge in [0.25, 0.3) is 5.69 Å². The summed E-state index contributed by atoms with van der Waals surface area (Å²) in [5.41, 5.74) is -1.88. The Labute approximate surface area is 168 Å². The van der Waals surface area contributed by atoms with Gasteiger partial charge in [-0.2, -0.15) is 26.3 Å². The SMILES string of the molecule is CC(C)N(CC(F)(F)F)C(=O)C1CCN(c2ccc(C(F)(F)F)cc2[N+](=O)[O-])CC1. The first-order chi connectivity index (χ1) is 13.7. The second-order valence-electron chi connectivity index (χ2n) is 7.39. The van der Waals surface area contributed by atoms with Crippen LogP contribution in [0.4, 0.5) is 37.7 Å². The number of carbonyl (C=O) groups is 1. The molecule has 0 radical (unpaired) electrons. The van der Waals surface area contributed by atoms with Crippen molar-refractivity contribution in [3.05, 3.63) is 33.9 Å². The van der Waals surface area contributed by atoms with E-state index in [1.54, 1.807) is 0 Å². The molecule has 30 heavy (non-hydrogen) atoms. The van der Waals surface area contributed by atoms with Crippen LogP contribution < -0.4 is 4.90 Å². The quantitative estimate of drug-likeness (QED) is 0.380. The Morgan fingerprint density at radius 1 is 1.20 bits per heavy atom. The molecule has 0 atom stereocenters. The first kappa shape index (κ1) is 23.7. The van der Waals surface area contributed by atoms with Gasteiger partial charge in [0.2, 0.25) is 5.91 Å². The van der Waals surface area contributed by atoms with Crippen LogP contribution in [0.1, 0.15) is 32.3 Å². The monoisotopic (exact) mass is 441 g/mol. The molecule has 1 heterocycles. The Kier molecular flexibility index (Phi) is 6.87. The van der Waals surface area contributed by atoms with Crippen molar-refractivity contribution in [2.75, 3.05) is 24.5 Å². The Hall–Kier alpha value is -2.53. The average Bonchev–Trinajstić information content (AvgIpc) is 2.63. The van der Waals surface area contributed by atoms with Crippen molar-refractivity contribution in [2.45, 2.75) is 45.1 Å². The second kappa shape index (κ2) is 8.68. The second-order valence-corrected chi connectivity index (χ2v) is 7.39. The zero-order valence-electron chi connectivity index (χ0n) is 16.3. The maximum Gasteiger partial charge on any atom is 0.416 e. The van der Waals surface area contributed by atoms with Crippen molar-refractivity contribution >= 4 is 17.3 Å². The van der Waals surface area contributed by atoms with Crippen LogP contribution in [0.15, 0.2) is 18.2 Å². The van der Waals surface area contributed by atoms with Crippen molar-refractivity contribution in [1.82, 2.24) is 4.90 Å². The third kappa shape index (κ3) is 5.76. The number of hydrogen-bond donors (Lipinski definition) is 0. The van der Waals surface area contributed by atoms with Crippen LogP contribution in [0.2, 0.25) is 0 Å². The Morgan fingerprint density at radius 2 is 1.77 bits per heavy atom. The fraction of sp³-hybridized carbons (Fsp3) is 0.611. The molecule has 1 aliphatic heterocycles. The molecule has 12 heteroatoms. The van der Waals surface area contributed by atoms with Crippen molar-refractivity contribution in [1.29, 1.82) is 0 Å². The van der Waals surface area contributed by atoms with Crippen LogP contribution in [0.5, 0.6) is 0 Å². The Balaban J connectivity index is 2.15. The van der Waals surface area contributed by atoms with Crippen LogP contribution in [0.3, 0.4) is 0 Å². The van der Waals surface area contributed by atoms with Gasteiger partial charge >= 0.3 is 12.4 Å². The number of benzene rings is 1. The van der Waals surface area contributed by atoms with Gasteiger partial charge in [0.05, 0.1) is 10.5 Å². The number of piperidine rings is 1. The number of carbonyl (C=O) groups excluding carboxylic acids is 1. The third-order valence-electron chi connectivity index (χ3n) is 4.94. The summed E-state index contributed by atoms with van der Waals surface area (Å²) in [4.78, 5) is 25.1. The van der Waals surface area contributed by atoms with Gasteiger partial charge in [0.1, 0.15) is 12.2 Å². The molecule has 1 amide bonds. The fourth-order valence-electron chi connectivity index (χ4n) is 3.42. The van der Waals surface area contributed by atoms with Crippen molar-refractivity contribution < 1.29 is 36.1 Å². The van der Waals surface area contributed by atoms with E-state index in [4.69, 9.17) is 0 Å². The summed E-state index contributed by atoms with van der Waals surface area (Å²) in [5, 5.41) is 11.3. The lowest BCUT2D eigenvalue weighted by Crippen LogP contribution is -2.48. The van der Waals surface area contributed by atoms with E-state index in [0.29, 0.717) is 6.07 Å². The van der Waals surface area contributed by atoms with Gasteiger partial charge in [-0.15, -0.1) is 0 Å². The van der Waals surface area contributed by atoms with Gasteiger partial charge in [-0.25, -0.2) is 0 Å². The van der Waals surface area contributed by atoms with Crippen LogP contribution in [0.25, 0.3) is 0 Å². The summed E-state index contributed by atoms with van der Waals surface area (Å²) < 4.78 is 76.8. The van der Waals surface area contributed by atoms with E-state index in [0.717, 1.165) is 17.0 Å². The average molecular weight is 441 g/mol. The molecule has 6 nitrogen and oxygen atoms in total. The minimum absolute atomic E-state index is 0.0186. The van der Waals surface area contributed by atoms with Crippen molar-refractivity contribution in [2.24, 2.45) is 5.92 Å². The molecule has 0 aromatic heterocycles. The van der Waals surface area contributed by atoms with Gasteiger partial charge in [0.15, 0.2) is 0 Å². The molecule has 1 aromatic carbocycles. The lowest BCUT2D eigenvalue weighted by Gasteiger charge is -2.36. The van der Waals surface area contributed by atoms with Crippen molar-refractivity contribution in [3.63, 3.8) is 0 Å². The van der Waals surface area contributed by atoms with E-state index in [2.05, 4.69) is 0 Å². The van der Waals surface area contributed by atoms with E-state index in [9.17, 15) is 41.3 Å². The zero-order valence-corrected chi connectivity index (χ0v) is 16.3. The molecule has 0 saturated carbocycles. The molecule has 1 fully saturated rings. The van der Waals surface area contributed by atoms with Gasteiger partial charge in [-0.1, -0.05) is 0 Å². The lowest BCUT2D eigenvalue weighted by atomic mass is 9.94. The molecule has 0 bridgehead atoms. The number of nitro benzene ring substituents is 1. The van der Waals surface area contributed by atoms with Gasteiger partial charge < -0.3 is 9.80 Å². The van der Waals surface area contributed by atoms with Gasteiger partial charge in [-0.05, 0) is 38.8 Å². The first-order valence-electron chi connectivity index (χ1n) is 9.18. The molecule has 1 aliphatic rings. The summed E-state index contributed by atoms with van der Waals surface area (Å²) in [6.07, 6.45) is -9.00. The fourth-order valence-corrected chi connectivity index (χ4v) is 3.42. The van der Waals surface area contributed by atoms with Crippen LogP contribution in [-0.4, -0.2) is 47.6 Å². The lowest BCUT2D eigenvalue weighted by molar-refractivity contribution is -0.384. The number of nitrogens with zero attached hydrogens (tertiary/aromatic N) is 3. The van der Waals surface area contributed by atoms with E-state index in [1.807, 2.05) is 0 Å². The number of anilines is 1. The summed E-state index contributed by atoms with van der Waals surface area (Å²) in [5.74, 6) is -1.34. The van der Waals surface area contributed by atoms with Gasteiger partial charge in [-0.3, -0.25) is 14.9 Å². The highest BCUT2D eigenvalue weighted by molar-refractivity contribution is 5.79. The summed E-state index contributed by atoms with van der Waals surface area (Å²) >= 11 is 0. The molecule has 1 saturated heterocycles.